The Labute approximate surface area is 114 Å². The van der Waals surface area contributed by atoms with Gasteiger partial charge in [-0.3, -0.25) is 0 Å². The first-order valence-electron chi connectivity index (χ1n) is 5.85. The summed E-state index contributed by atoms with van der Waals surface area (Å²) in [6.07, 6.45) is 4.07. The van der Waals surface area contributed by atoms with E-state index in [1.165, 1.54) is 12.1 Å². The van der Waals surface area contributed by atoms with E-state index in [1.54, 1.807) is 36.3 Å². The summed E-state index contributed by atoms with van der Waals surface area (Å²) in [5.74, 6) is 1.13. The van der Waals surface area contributed by atoms with Crippen molar-refractivity contribution >= 4 is 23.4 Å². The fraction of sp³-hybridized carbons (Fsp3) is 0.154. The number of benzene rings is 1. The predicted molar refractivity (Wildman–Crippen MR) is 73.9 cm³/mol. The van der Waals surface area contributed by atoms with Gasteiger partial charge in [0, 0.05) is 35.0 Å². The minimum Gasteiger partial charge on any atom is -0.245 e. The van der Waals surface area contributed by atoms with E-state index in [2.05, 4.69) is 20.5 Å². The molecule has 0 aliphatic carbocycles. The topological polar surface area (TPSA) is 50.2 Å². The Morgan fingerprint density at radius 3 is 2.95 bits per heavy atom. The van der Waals surface area contributed by atoms with Crippen LogP contribution in [0.4, 0.5) is 10.3 Å². The molecule has 1 aliphatic rings. The van der Waals surface area contributed by atoms with Crippen molar-refractivity contribution in [1.29, 1.82) is 0 Å². The van der Waals surface area contributed by atoms with Crippen LogP contribution in [0.15, 0.2) is 46.7 Å². The number of hydrogen-bond acceptors (Lipinski definition) is 5. The summed E-state index contributed by atoms with van der Waals surface area (Å²) in [5, 5.41) is 4.30. The maximum absolute atomic E-state index is 13.3. The summed E-state index contributed by atoms with van der Waals surface area (Å²) in [7, 11) is 0. The zero-order valence-electron chi connectivity index (χ0n) is 10.0. The lowest BCUT2D eigenvalue weighted by atomic mass is 10.1. The fourth-order valence-electron chi connectivity index (χ4n) is 1.84. The van der Waals surface area contributed by atoms with Gasteiger partial charge in [0.15, 0.2) is 0 Å². The molecule has 0 radical (unpaired) electrons. The van der Waals surface area contributed by atoms with Crippen LogP contribution >= 0.6 is 11.8 Å². The number of hydrogen-bond donors (Lipinski definition) is 1. The van der Waals surface area contributed by atoms with Crippen molar-refractivity contribution in [2.45, 2.75) is 11.3 Å². The number of rotatable bonds is 2. The highest BCUT2D eigenvalue weighted by Crippen LogP contribution is 2.30. The third-order valence-electron chi connectivity index (χ3n) is 2.71. The minimum atomic E-state index is -0.245. The minimum absolute atomic E-state index is 0.245. The van der Waals surface area contributed by atoms with Crippen LogP contribution in [-0.2, 0) is 0 Å². The average Bonchev–Trinajstić information content (AvgIpc) is 2.46. The Morgan fingerprint density at radius 1 is 1.26 bits per heavy atom. The highest BCUT2D eigenvalue weighted by Gasteiger charge is 2.16. The molecule has 1 aliphatic heterocycles. The molecule has 0 unspecified atom stereocenters. The second kappa shape index (κ2) is 5.36. The van der Waals surface area contributed by atoms with E-state index in [0.717, 1.165) is 28.3 Å². The van der Waals surface area contributed by atoms with Crippen molar-refractivity contribution in [2.24, 2.45) is 5.10 Å². The summed E-state index contributed by atoms with van der Waals surface area (Å²) < 4.78 is 13.3. The molecule has 0 fully saturated rings. The molecule has 0 spiro atoms. The second-order valence-electron chi connectivity index (χ2n) is 3.98. The molecule has 2 heterocycles. The molecule has 0 saturated carbocycles. The maximum Gasteiger partial charge on any atom is 0.243 e. The predicted octanol–water partition coefficient (Wildman–Crippen LogP) is 2.93. The van der Waals surface area contributed by atoms with Crippen molar-refractivity contribution in [2.75, 3.05) is 11.2 Å². The monoisotopic (exact) mass is 274 g/mol. The van der Waals surface area contributed by atoms with Gasteiger partial charge >= 0.3 is 0 Å². The van der Waals surface area contributed by atoms with E-state index in [9.17, 15) is 4.39 Å². The third kappa shape index (κ3) is 2.73. The molecule has 0 amide bonds. The number of fused-ring (bicyclic) bond motifs is 1. The van der Waals surface area contributed by atoms with Crippen LogP contribution in [0.2, 0.25) is 0 Å². The van der Waals surface area contributed by atoms with Gasteiger partial charge in [0.05, 0.1) is 5.71 Å². The SMILES string of the molecule is Fc1ccc2c(c1)C(=NNc1ncccn1)CCS2. The molecule has 1 aromatic carbocycles. The molecule has 4 nitrogen and oxygen atoms in total. The van der Waals surface area contributed by atoms with E-state index in [-0.39, 0.29) is 5.82 Å². The zero-order valence-corrected chi connectivity index (χ0v) is 10.8. The number of anilines is 1. The van der Waals surface area contributed by atoms with E-state index < -0.39 is 0 Å². The molecule has 1 N–H and O–H groups in total. The summed E-state index contributed by atoms with van der Waals surface area (Å²) in [6.45, 7) is 0. The molecule has 6 heteroatoms. The first kappa shape index (κ1) is 12.1. The Balaban J connectivity index is 1.89. The van der Waals surface area contributed by atoms with Crippen LogP contribution in [0.25, 0.3) is 0 Å². The maximum atomic E-state index is 13.3. The van der Waals surface area contributed by atoms with Crippen molar-refractivity contribution in [1.82, 2.24) is 9.97 Å². The number of halogens is 1. The van der Waals surface area contributed by atoms with E-state index in [4.69, 9.17) is 0 Å². The molecule has 0 saturated heterocycles. The van der Waals surface area contributed by atoms with Crippen molar-refractivity contribution in [3.05, 3.63) is 48.0 Å². The highest BCUT2D eigenvalue weighted by atomic mass is 32.2. The van der Waals surface area contributed by atoms with Crippen molar-refractivity contribution < 1.29 is 4.39 Å². The number of hydrazone groups is 1. The molecular weight excluding hydrogens is 263 g/mol. The van der Waals surface area contributed by atoms with Gasteiger partial charge in [0.25, 0.3) is 0 Å². The van der Waals surface area contributed by atoms with Gasteiger partial charge in [0.2, 0.25) is 5.95 Å². The summed E-state index contributed by atoms with van der Waals surface area (Å²) in [4.78, 5) is 9.11. The quantitative estimate of drug-likeness (QED) is 0.855. The summed E-state index contributed by atoms with van der Waals surface area (Å²) in [6, 6.07) is 6.53. The first-order valence-corrected chi connectivity index (χ1v) is 6.84. The normalized spacial score (nSPS) is 16.2. The molecule has 2 aromatic rings. The summed E-state index contributed by atoms with van der Waals surface area (Å²) >= 11 is 1.72. The van der Waals surface area contributed by atoms with Crippen LogP contribution in [-0.4, -0.2) is 21.4 Å². The van der Waals surface area contributed by atoms with Crippen molar-refractivity contribution in [3.63, 3.8) is 0 Å². The molecule has 96 valence electrons. The average molecular weight is 274 g/mol. The highest BCUT2D eigenvalue weighted by molar-refractivity contribution is 7.99. The van der Waals surface area contributed by atoms with Crippen molar-refractivity contribution in [3.8, 4) is 0 Å². The lowest BCUT2D eigenvalue weighted by Gasteiger charge is -2.17. The fourth-order valence-corrected chi connectivity index (χ4v) is 2.85. The van der Waals surface area contributed by atoms with Crippen LogP contribution in [0.3, 0.4) is 0 Å². The van der Waals surface area contributed by atoms with Crippen LogP contribution in [0.1, 0.15) is 12.0 Å². The largest absolute Gasteiger partial charge is 0.245 e. The van der Waals surface area contributed by atoms with Gasteiger partial charge in [-0.25, -0.2) is 19.8 Å². The number of nitrogens with one attached hydrogen (secondary N) is 1. The molecule has 19 heavy (non-hydrogen) atoms. The van der Waals surface area contributed by atoms with E-state index >= 15 is 0 Å². The first-order chi connectivity index (χ1) is 9.33. The van der Waals surface area contributed by atoms with Crippen LogP contribution in [0, 0.1) is 5.82 Å². The standard InChI is InChI=1S/C13H11FN4S/c14-9-2-3-12-10(8-9)11(4-7-19-12)17-18-13-15-5-1-6-16-13/h1-3,5-6,8H,4,7H2,(H,15,16,18). The van der Waals surface area contributed by atoms with E-state index in [1.807, 2.05) is 0 Å². The number of thioether (sulfide) groups is 1. The van der Waals surface area contributed by atoms with Gasteiger partial charge < -0.3 is 0 Å². The molecule has 0 bridgehead atoms. The smallest absolute Gasteiger partial charge is 0.243 e. The Hall–Kier alpha value is -1.95. The molecule has 0 atom stereocenters. The number of nitrogens with zero attached hydrogens (tertiary/aromatic N) is 3. The Kier molecular flexibility index (Phi) is 3.41. The van der Waals surface area contributed by atoms with Gasteiger partial charge in [-0.15, -0.1) is 11.8 Å². The van der Waals surface area contributed by atoms with E-state index in [0.29, 0.717) is 5.95 Å². The Morgan fingerprint density at radius 2 is 2.11 bits per heavy atom. The molecular formula is C13H11FN4S. The lowest BCUT2D eigenvalue weighted by Crippen LogP contribution is -2.12. The zero-order chi connectivity index (χ0) is 13.1. The molecule has 1 aromatic heterocycles. The second-order valence-corrected chi connectivity index (χ2v) is 5.12. The number of aromatic nitrogens is 2. The summed E-state index contributed by atoms with van der Waals surface area (Å²) in [5.41, 5.74) is 4.49. The lowest BCUT2D eigenvalue weighted by molar-refractivity contribution is 0.626. The van der Waals surface area contributed by atoms with Gasteiger partial charge in [-0.1, -0.05) is 0 Å². The molecule has 3 rings (SSSR count). The Bertz CT molecular complexity index is 615. The van der Waals surface area contributed by atoms with Crippen LogP contribution in [0.5, 0.6) is 0 Å². The van der Waals surface area contributed by atoms with Gasteiger partial charge in [-0.2, -0.15) is 5.10 Å². The van der Waals surface area contributed by atoms with Gasteiger partial charge in [-0.05, 0) is 24.3 Å². The van der Waals surface area contributed by atoms with Gasteiger partial charge in [0.1, 0.15) is 5.82 Å². The third-order valence-corrected chi connectivity index (χ3v) is 3.78. The van der Waals surface area contributed by atoms with Crippen LogP contribution < -0.4 is 5.43 Å².